The van der Waals surface area contributed by atoms with E-state index in [2.05, 4.69) is 29.1 Å². The highest BCUT2D eigenvalue weighted by Gasteiger charge is 2.31. The normalized spacial score (nSPS) is 23.6. The Morgan fingerprint density at radius 2 is 1.80 bits per heavy atom. The van der Waals surface area contributed by atoms with Crippen LogP contribution in [0.25, 0.3) is 0 Å². The first-order valence-electron chi connectivity index (χ1n) is 17.0. The molecule has 0 bridgehead atoms. The molecule has 3 rings (SSSR count). The van der Waals surface area contributed by atoms with Gasteiger partial charge in [0.05, 0.1) is 30.4 Å². The van der Waals surface area contributed by atoms with Crippen LogP contribution in [0.4, 0.5) is 5.69 Å². The molecule has 1 heterocycles. The third-order valence-corrected chi connectivity index (χ3v) is 9.13. The van der Waals surface area contributed by atoms with Gasteiger partial charge in [-0.3, -0.25) is 9.59 Å². The van der Waals surface area contributed by atoms with E-state index in [1.807, 2.05) is 27.9 Å². The van der Waals surface area contributed by atoms with Crippen LogP contribution in [0.15, 0.2) is 18.2 Å². The largest absolute Gasteiger partial charge is 0.490 e. The van der Waals surface area contributed by atoms with E-state index in [-0.39, 0.29) is 36.5 Å². The maximum absolute atomic E-state index is 14.3. The Bertz CT molecular complexity index is 1010. The summed E-state index contributed by atoms with van der Waals surface area (Å²) in [6, 6.07) is 4.93. The summed E-state index contributed by atoms with van der Waals surface area (Å²) in [5.74, 6) is 1.01. The molecular weight excluding hydrogens is 556 g/mol. The summed E-state index contributed by atoms with van der Waals surface area (Å²) in [6.07, 6.45) is 10.4. The van der Waals surface area contributed by atoms with Crippen molar-refractivity contribution < 1.29 is 24.2 Å². The number of benzene rings is 1. The molecule has 9 heteroatoms. The molecule has 9 nitrogen and oxygen atoms in total. The molecule has 1 fully saturated rings. The summed E-state index contributed by atoms with van der Waals surface area (Å²) in [7, 11) is 6.17. The van der Waals surface area contributed by atoms with Gasteiger partial charge in [-0.25, -0.2) is 0 Å². The lowest BCUT2D eigenvalue weighted by Crippen LogP contribution is -2.47. The van der Waals surface area contributed by atoms with Crippen molar-refractivity contribution in [3.05, 3.63) is 23.8 Å². The second-order valence-electron chi connectivity index (χ2n) is 13.7. The van der Waals surface area contributed by atoms with Crippen molar-refractivity contribution in [3.63, 3.8) is 0 Å². The maximum Gasteiger partial charge on any atom is 0.258 e. The smallest absolute Gasteiger partial charge is 0.258 e. The van der Waals surface area contributed by atoms with Gasteiger partial charge in [0.1, 0.15) is 5.75 Å². The lowest BCUT2D eigenvalue weighted by atomic mass is 9.89. The van der Waals surface area contributed by atoms with Crippen molar-refractivity contribution in [2.75, 3.05) is 65.9 Å². The summed E-state index contributed by atoms with van der Waals surface area (Å²) >= 11 is 0. The number of carbonyl (C=O) groups is 2. The fourth-order valence-electron chi connectivity index (χ4n) is 6.43. The minimum absolute atomic E-state index is 0.0337. The van der Waals surface area contributed by atoms with E-state index in [9.17, 15) is 14.7 Å². The van der Waals surface area contributed by atoms with Crippen LogP contribution in [-0.4, -0.2) is 110 Å². The average molecular weight is 617 g/mol. The summed E-state index contributed by atoms with van der Waals surface area (Å²) in [6.45, 7) is 9.74. The predicted molar refractivity (Wildman–Crippen MR) is 177 cm³/mol. The van der Waals surface area contributed by atoms with Crippen LogP contribution < -0.4 is 10.1 Å². The predicted octanol–water partition coefficient (Wildman–Crippen LogP) is 5.27. The number of nitrogens with zero attached hydrogens (tertiary/aromatic N) is 3. The van der Waals surface area contributed by atoms with Crippen molar-refractivity contribution in [1.29, 1.82) is 0 Å². The Labute approximate surface area is 266 Å². The number of hydrogen-bond donors (Lipinski definition) is 2. The van der Waals surface area contributed by atoms with Crippen LogP contribution in [0.3, 0.4) is 0 Å². The minimum Gasteiger partial charge on any atom is -0.490 e. The Hall–Kier alpha value is -2.20. The number of hydrogen-bond acceptors (Lipinski definition) is 7. The van der Waals surface area contributed by atoms with E-state index in [4.69, 9.17) is 9.47 Å². The zero-order valence-corrected chi connectivity index (χ0v) is 28.4. The lowest BCUT2D eigenvalue weighted by Gasteiger charge is -2.36. The van der Waals surface area contributed by atoms with Crippen LogP contribution in [0.2, 0.25) is 0 Å². The summed E-state index contributed by atoms with van der Waals surface area (Å²) in [5, 5.41) is 13.2. The monoisotopic (exact) mass is 616 g/mol. The zero-order valence-electron chi connectivity index (χ0n) is 28.4. The standard InChI is InChI=1S/C35H60N4O5/c1-26-22-39(27(2)25-40)35(42)31-21-30(36-34(41)16-12-19-37(4)5)17-18-32(31)44-28(3)13-10-11-20-43-33(26)24-38(6)23-29-14-8-7-9-15-29/h17-18,21,26-29,33,40H,7-16,19-20,22-25H2,1-6H3,(H,36,41)/t26-,27+,28+,33-/m0/s1. The van der Waals surface area contributed by atoms with Gasteiger partial charge >= 0.3 is 0 Å². The Morgan fingerprint density at radius 3 is 2.50 bits per heavy atom. The molecule has 0 saturated heterocycles. The highest BCUT2D eigenvalue weighted by molar-refractivity contribution is 5.99. The van der Waals surface area contributed by atoms with Gasteiger partial charge in [-0.05, 0) is 104 Å². The molecule has 1 aliphatic carbocycles. The Balaban J connectivity index is 1.84. The van der Waals surface area contributed by atoms with Crippen molar-refractivity contribution in [2.24, 2.45) is 11.8 Å². The number of carbonyl (C=O) groups excluding carboxylic acids is 2. The highest BCUT2D eigenvalue weighted by Crippen LogP contribution is 2.29. The first-order chi connectivity index (χ1) is 21.1. The molecule has 44 heavy (non-hydrogen) atoms. The SMILES string of the molecule is C[C@@H]1CCCCO[C@@H](CN(C)CC2CCCCC2)[C@@H](C)CN([C@H](C)CO)C(=O)c2cc(NC(=O)CCCN(C)C)ccc2O1. The van der Waals surface area contributed by atoms with Crippen molar-refractivity contribution in [1.82, 2.24) is 14.7 Å². The molecule has 1 aromatic carbocycles. The molecule has 1 aliphatic heterocycles. The quantitative estimate of drug-likeness (QED) is 0.350. The number of likely N-dealkylation sites (N-methyl/N-ethyl adjacent to an activating group) is 1. The van der Waals surface area contributed by atoms with Crippen molar-refractivity contribution >= 4 is 17.5 Å². The van der Waals surface area contributed by atoms with Crippen LogP contribution in [0.1, 0.15) is 95.3 Å². The second kappa shape index (κ2) is 18.7. The van der Waals surface area contributed by atoms with Gasteiger partial charge in [-0.1, -0.05) is 26.2 Å². The number of amides is 2. The number of fused-ring (bicyclic) bond motifs is 1. The second-order valence-corrected chi connectivity index (χ2v) is 13.7. The van der Waals surface area contributed by atoms with E-state index < -0.39 is 6.04 Å². The van der Waals surface area contributed by atoms with E-state index in [1.54, 1.807) is 23.1 Å². The topological polar surface area (TPSA) is 94.6 Å². The Kier molecular flexibility index (Phi) is 15.4. The fourth-order valence-corrected chi connectivity index (χ4v) is 6.43. The van der Waals surface area contributed by atoms with E-state index in [1.165, 1.54) is 32.1 Å². The maximum atomic E-state index is 14.3. The molecule has 1 aromatic rings. The van der Waals surface area contributed by atoms with Gasteiger partial charge in [0, 0.05) is 44.3 Å². The molecule has 2 amide bonds. The zero-order chi connectivity index (χ0) is 32.1. The van der Waals surface area contributed by atoms with Gasteiger partial charge in [0.2, 0.25) is 5.91 Å². The van der Waals surface area contributed by atoms with Gasteiger partial charge in [0.15, 0.2) is 0 Å². The van der Waals surface area contributed by atoms with Gasteiger partial charge in [-0.2, -0.15) is 0 Å². The molecule has 2 aliphatic rings. The first-order valence-corrected chi connectivity index (χ1v) is 17.0. The van der Waals surface area contributed by atoms with E-state index >= 15 is 0 Å². The van der Waals surface area contributed by atoms with Gasteiger partial charge in [-0.15, -0.1) is 0 Å². The number of anilines is 1. The number of ether oxygens (including phenoxy) is 2. The number of aliphatic hydroxyl groups is 1. The Morgan fingerprint density at radius 1 is 1.07 bits per heavy atom. The molecule has 0 aromatic heterocycles. The number of rotatable bonds is 11. The molecule has 2 N–H and O–H groups in total. The first kappa shape index (κ1) is 36.3. The summed E-state index contributed by atoms with van der Waals surface area (Å²) in [5.41, 5.74) is 0.971. The van der Waals surface area contributed by atoms with Gasteiger partial charge < -0.3 is 34.6 Å². The molecule has 4 atom stereocenters. The fraction of sp³-hybridized carbons (Fsp3) is 0.771. The number of nitrogens with one attached hydrogen (secondary N) is 1. The number of aliphatic hydroxyl groups excluding tert-OH is 1. The summed E-state index contributed by atoms with van der Waals surface area (Å²) in [4.78, 5) is 33.2. The highest BCUT2D eigenvalue weighted by atomic mass is 16.5. The minimum atomic E-state index is -0.395. The van der Waals surface area contributed by atoms with Crippen molar-refractivity contribution in [2.45, 2.75) is 103 Å². The van der Waals surface area contributed by atoms with Gasteiger partial charge in [0.25, 0.3) is 5.91 Å². The molecule has 250 valence electrons. The van der Waals surface area contributed by atoms with E-state index in [0.29, 0.717) is 36.6 Å². The third kappa shape index (κ3) is 12.0. The lowest BCUT2D eigenvalue weighted by molar-refractivity contribution is -0.116. The molecule has 0 spiro atoms. The molecule has 0 radical (unpaired) electrons. The van der Waals surface area contributed by atoms with Crippen LogP contribution in [0.5, 0.6) is 5.75 Å². The van der Waals surface area contributed by atoms with Crippen LogP contribution in [-0.2, 0) is 9.53 Å². The molecule has 1 saturated carbocycles. The molecular formula is C35H60N4O5. The molecule has 0 unspecified atom stereocenters. The van der Waals surface area contributed by atoms with Crippen LogP contribution >= 0.6 is 0 Å². The van der Waals surface area contributed by atoms with Crippen molar-refractivity contribution in [3.8, 4) is 5.75 Å². The average Bonchev–Trinajstić information content (AvgIpc) is 2.98. The van der Waals surface area contributed by atoms with Crippen LogP contribution in [0, 0.1) is 11.8 Å². The summed E-state index contributed by atoms with van der Waals surface area (Å²) < 4.78 is 12.9. The van der Waals surface area contributed by atoms with E-state index in [0.717, 1.165) is 51.2 Å². The third-order valence-electron chi connectivity index (χ3n) is 9.13.